The van der Waals surface area contributed by atoms with Gasteiger partial charge in [-0.3, -0.25) is 14.5 Å². The number of nitrogens with zero attached hydrogens (tertiary/aromatic N) is 2. The molecule has 3 amide bonds. The largest absolute Gasteiger partial charge is 0.492 e. The van der Waals surface area contributed by atoms with Crippen molar-refractivity contribution in [2.75, 3.05) is 20.3 Å². The van der Waals surface area contributed by atoms with Gasteiger partial charge < -0.3 is 29.6 Å². The quantitative estimate of drug-likeness (QED) is 0.264. The Morgan fingerprint density at radius 2 is 1.49 bits per heavy atom. The topological polar surface area (TPSA) is 155 Å². The van der Waals surface area contributed by atoms with Gasteiger partial charge in [0.15, 0.2) is 11.5 Å². The first-order valence-electron chi connectivity index (χ1n) is 13.6. The highest BCUT2D eigenvalue weighted by Crippen LogP contribution is 2.46. The van der Waals surface area contributed by atoms with Crippen molar-refractivity contribution in [2.45, 2.75) is 38.3 Å². The summed E-state index contributed by atoms with van der Waals surface area (Å²) in [6, 6.07) is 16.2. The van der Waals surface area contributed by atoms with E-state index in [4.69, 9.17) is 24.7 Å². The van der Waals surface area contributed by atoms with Crippen molar-refractivity contribution in [3.8, 4) is 0 Å². The van der Waals surface area contributed by atoms with Gasteiger partial charge in [0.25, 0.3) is 0 Å². The molecule has 2 fully saturated rings. The highest BCUT2D eigenvalue weighted by molar-refractivity contribution is 6.21. The molecule has 2 heterocycles. The van der Waals surface area contributed by atoms with Crippen molar-refractivity contribution in [3.05, 3.63) is 94.8 Å². The third kappa shape index (κ3) is 6.08. The molecule has 12 heteroatoms. The Morgan fingerprint density at radius 1 is 0.907 bits per heavy atom. The second-order valence-corrected chi connectivity index (χ2v) is 10.4. The van der Waals surface area contributed by atoms with Crippen LogP contribution in [0.4, 0.5) is 14.4 Å². The number of benzene rings is 2. The number of hydrogen-bond acceptors (Lipinski definition) is 9. The molecule has 1 aliphatic carbocycles. The minimum atomic E-state index is -1.11. The zero-order valence-electron chi connectivity index (χ0n) is 23.6. The van der Waals surface area contributed by atoms with Crippen LogP contribution in [0.1, 0.15) is 18.1 Å². The average Bonchev–Trinajstić information content (AvgIpc) is 3.59. The lowest BCUT2D eigenvalue weighted by Crippen LogP contribution is -2.50. The Kier molecular flexibility index (Phi) is 8.46. The van der Waals surface area contributed by atoms with Gasteiger partial charge in [0.2, 0.25) is 5.78 Å². The second-order valence-electron chi connectivity index (χ2n) is 10.4. The first-order valence-corrected chi connectivity index (χ1v) is 13.6. The Hall–Kier alpha value is -5.13. The third-order valence-electron chi connectivity index (χ3n) is 7.82. The van der Waals surface area contributed by atoms with Gasteiger partial charge in [-0.2, -0.15) is 0 Å². The zero-order chi connectivity index (χ0) is 30.7. The van der Waals surface area contributed by atoms with Crippen molar-refractivity contribution in [2.24, 2.45) is 11.7 Å². The number of piperazine rings is 1. The van der Waals surface area contributed by atoms with Gasteiger partial charge in [-0.05, 0) is 24.1 Å². The van der Waals surface area contributed by atoms with Crippen LogP contribution in [0.15, 0.2) is 83.6 Å². The van der Waals surface area contributed by atoms with Crippen LogP contribution in [0.2, 0.25) is 0 Å². The Bertz CT molecular complexity index is 1490. The van der Waals surface area contributed by atoms with Crippen molar-refractivity contribution in [1.82, 2.24) is 9.80 Å². The summed E-state index contributed by atoms with van der Waals surface area (Å²) in [6.07, 6.45) is -1.27. The van der Waals surface area contributed by atoms with Crippen LogP contribution >= 0.6 is 0 Å². The minimum absolute atomic E-state index is 0.0145. The van der Waals surface area contributed by atoms with Gasteiger partial charge in [0, 0.05) is 23.6 Å². The lowest BCUT2D eigenvalue weighted by molar-refractivity contribution is -0.119. The van der Waals surface area contributed by atoms with E-state index in [-0.39, 0.29) is 36.7 Å². The van der Waals surface area contributed by atoms with E-state index in [2.05, 4.69) is 0 Å². The zero-order valence-corrected chi connectivity index (χ0v) is 23.6. The number of primary amides is 1. The smallest absolute Gasteiger partial charge is 0.410 e. The first kappa shape index (κ1) is 29.4. The number of amides is 3. The molecular formula is C31H31N3O9. The number of carbonyl (C=O) groups excluding carboxylic acids is 5. The van der Waals surface area contributed by atoms with E-state index < -0.39 is 60.5 Å². The summed E-state index contributed by atoms with van der Waals surface area (Å²) in [6.45, 7) is 1.11. The summed E-state index contributed by atoms with van der Waals surface area (Å²) in [7, 11) is 1.27. The summed E-state index contributed by atoms with van der Waals surface area (Å²) in [4.78, 5) is 67.5. The van der Waals surface area contributed by atoms with E-state index in [0.717, 1.165) is 17.2 Å². The molecule has 3 aliphatic rings. The SMILES string of the molecule is COC1=C(C)C(=O)C=C([C@@H](COC(N)=O)[C@H]2[C@@H]3[C@H](CN2C(=O)OCc2ccccc2)N3C(=O)OCc2ccccc2)C1=O. The predicted octanol–water partition coefficient (Wildman–Crippen LogP) is 3.11. The molecule has 224 valence electrons. The molecule has 2 aromatic carbocycles. The molecule has 0 unspecified atom stereocenters. The Balaban J connectivity index is 1.44. The molecule has 43 heavy (non-hydrogen) atoms. The number of Topliss-reactive ketones (excluding diaryl/α,β-unsaturated/α-hetero) is 1. The number of nitrogens with two attached hydrogens (primary N) is 1. The first-order chi connectivity index (χ1) is 20.7. The number of ether oxygens (including phenoxy) is 4. The summed E-state index contributed by atoms with van der Waals surface area (Å²) in [5, 5.41) is 0. The molecular weight excluding hydrogens is 558 g/mol. The molecule has 0 radical (unpaired) electrons. The maximum atomic E-state index is 13.5. The number of methoxy groups -OCH3 is 1. The molecule has 0 aromatic heterocycles. The molecule has 0 saturated carbocycles. The van der Waals surface area contributed by atoms with Crippen LogP contribution in [-0.4, -0.2) is 78.0 Å². The van der Waals surface area contributed by atoms with Crippen molar-refractivity contribution in [1.29, 1.82) is 0 Å². The Morgan fingerprint density at radius 3 is 2.05 bits per heavy atom. The van der Waals surface area contributed by atoms with E-state index in [1.807, 2.05) is 48.5 Å². The molecule has 2 aromatic rings. The molecule has 12 nitrogen and oxygen atoms in total. The lowest BCUT2D eigenvalue weighted by Gasteiger charge is -2.35. The summed E-state index contributed by atoms with van der Waals surface area (Å²) in [5.74, 6) is -2.28. The van der Waals surface area contributed by atoms with Crippen LogP contribution in [0, 0.1) is 5.92 Å². The number of rotatable bonds is 9. The summed E-state index contributed by atoms with van der Waals surface area (Å²) >= 11 is 0. The fraction of sp³-hybridized carbons (Fsp3) is 0.323. The van der Waals surface area contributed by atoms with Gasteiger partial charge in [-0.1, -0.05) is 60.7 Å². The molecule has 5 rings (SSSR count). The highest BCUT2D eigenvalue weighted by atomic mass is 16.6. The number of hydrogen-bond donors (Lipinski definition) is 1. The summed E-state index contributed by atoms with van der Waals surface area (Å²) in [5.41, 5.74) is 6.91. The number of fused-ring (bicyclic) bond motifs is 1. The van der Waals surface area contributed by atoms with E-state index in [1.54, 1.807) is 12.1 Å². The fourth-order valence-electron chi connectivity index (χ4n) is 5.69. The van der Waals surface area contributed by atoms with E-state index in [1.165, 1.54) is 23.8 Å². The maximum Gasteiger partial charge on any atom is 0.410 e. The van der Waals surface area contributed by atoms with Gasteiger partial charge in [-0.25, -0.2) is 14.4 Å². The monoisotopic (exact) mass is 589 g/mol. The number of ketones is 2. The van der Waals surface area contributed by atoms with E-state index >= 15 is 0 Å². The summed E-state index contributed by atoms with van der Waals surface area (Å²) < 4.78 is 21.5. The van der Waals surface area contributed by atoms with Crippen molar-refractivity contribution in [3.63, 3.8) is 0 Å². The predicted molar refractivity (Wildman–Crippen MR) is 150 cm³/mol. The number of carbonyl (C=O) groups is 5. The Labute approximate surface area is 247 Å². The van der Waals surface area contributed by atoms with Crippen LogP contribution in [0.25, 0.3) is 0 Å². The minimum Gasteiger partial charge on any atom is -0.492 e. The molecule has 0 spiro atoms. The second kappa shape index (κ2) is 12.4. The number of allylic oxidation sites excluding steroid dienone is 3. The molecule has 2 aliphatic heterocycles. The van der Waals surface area contributed by atoms with E-state index in [0.29, 0.717) is 0 Å². The van der Waals surface area contributed by atoms with Crippen LogP contribution in [0.5, 0.6) is 0 Å². The van der Waals surface area contributed by atoms with Crippen LogP contribution in [0.3, 0.4) is 0 Å². The van der Waals surface area contributed by atoms with Gasteiger partial charge in [0.1, 0.15) is 19.8 Å². The van der Waals surface area contributed by atoms with Crippen molar-refractivity contribution >= 4 is 29.8 Å². The van der Waals surface area contributed by atoms with Crippen LogP contribution < -0.4 is 5.73 Å². The molecule has 0 bridgehead atoms. The van der Waals surface area contributed by atoms with Gasteiger partial charge in [0.05, 0.1) is 25.2 Å². The average molecular weight is 590 g/mol. The van der Waals surface area contributed by atoms with E-state index in [9.17, 15) is 24.0 Å². The maximum absolute atomic E-state index is 13.5. The third-order valence-corrected chi connectivity index (χ3v) is 7.82. The molecule has 4 atom stereocenters. The van der Waals surface area contributed by atoms with Gasteiger partial charge in [-0.15, -0.1) is 0 Å². The van der Waals surface area contributed by atoms with Gasteiger partial charge >= 0.3 is 18.3 Å². The normalized spacial score (nSPS) is 21.5. The lowest BCUT2D eigenvalue weighted by atomic mass is 9.82. The number of likely N-dealkylation sites (tertiary alicyclic amines) is 1. The van der Waals surface area contributed by atoms with Crippen LogP contribution in [-0.2, 0) is 41.8 Å². The standard InChI is InChI=1S/C31H31N3O9/c1-18-24(35)13-21(27(36)28(18)40-2)22(17-41-29(32)37)25-26-23(34(26)31(39)43-16-20-11-7-4-8-12-20)14-33(25)30(38)42-15-19-9-5-3-6-10-19/h3-13,22-23,25-26H,14-17H2,1-2H3,(H2,32,37)/t22-,23+,25+,26+,34?/m1/s1. The van der Waals surface area contributed by atoms with Crippen molar-refractivity contribution < 1.29 is 42.9 Å². The molecule has 2 N–H and O–H groups in total. The molecule has 2 saturated heterocycles. The fourth-order valence-corrected chi connectivity index (χ4v) is 5.69. The highest BCUT2D eigenvalue weighted by Gasteiger charge is 2.66.